The molecule has 2 fully saturated rings. The number of likely N-dealkylation sites (tertiary alicyclic amines) is 1. The maximum Gasteiger partial charge on any atom is 0.410 e. The highest BCUT2D eigenvalue weighted by Crippen LogP contribution is 2.58. The second kappa shape index (κ2) is 7.57. The molecule has 1 amide bonds. The van der Waals surface area contributed by atoms with Crippen LogP contribution in [-0.2, 0) is 25.0 Å². The van der Waals surface area contributed by atoms with Crippen LogP contribution in [0.2, 0.25) is 0 Å². The minimum absolute atomic E-state index is 0.0435. The molecular weight excluding hydrogens is 452 g/mol. The lowest BCUT2D eigenvalue weighted by molar-refractivity contribution is -0.123. The zero-order chi connectivity index (χ0) is 24.5. The molecule has 2 aliphatic heterocycles. The van der Waals surface area contributed by atoms with Crippen molar-refractivity contribution in [3.63, 3.8) is 0 Å². The summed E-state index contributed by atoms with van der Waals surface area (Å²) in [5, 5.41) is 0. The molecule has 0 N–H and O–H groups in total. The van der Waals surface area contributed by atoms with Crippen molar-refractivity contribution in [2.45, 2.75) is 75.0 Å². The van der Waals surface area contributed by atoms with Gasteiger partial charge in [-0.05, 0) is 57.9 Å². The molecule has 0 unspecified atom stereocenters. The van der Waals surface area contributed by atoms with Gasteiger partial charge < -0.3 is 9.64 Å². The third-order valence-corrected chi connectivity index (χ3v) is 9.14. The third kappa shape index (κ3) is 3.34. The van der Waals surface area contributed by atoms with Crippen molar-refractivity contribution in [1.29, 1.82) is 0 Å². The second-order valence-electron chi connectivity index (χ2n) is 10.6. The van der Waals surface area contributed by atoms with E-state index in [1.165, 1.54) is 4.31 Å². The fourth-order valence-corrected chi connectivity index (χ4v) is 7.68. The third-order valence-electron chi connectivity index (χ3n) is 7.31. The van der Waals surface area contributed by atoms with E-state index < -0.39 is 39.2 Å². The Bertz CT molecular complexity index is 1260. The lowest BCUT2D eigenvalue weighted by Crippen LogP contribution is -2.59. The molecule has 34 heavy (non-hydrogen) atoms. The number of para-hydroxylation sites is 1. The zero-order valence-corrected chi connectivity index (χ0v) is 20.8. The summed E-state index contributed by atoms with van der Waals surface area (Å²) in [6.45, 7) is 7.76. The molecule has 8 heteroatoms. The Hall–Kier alpha value is -2.87. The van der Waals surface area contributed by atoms with Gasteiger partial charge in [-0.2, -0.15) is 0 Å². The highest BCUT2D eigenvalue weighted by atomic mass is 32.2. The van der Waals surface area contributed by atoms with E-state index in [1.807, 2.05) is 52.0 Å². The fourth-order valence-electron chi connectivity index (χ4n) is 5.96. The maximum atomic E-state index is 14.0. The van der Waals surface area contributed by atoms with Crippen LogP contribution >= 0.6 is 0 Å². The summed E-state index contributed by atoms with van der Waals surface area (Å²) in [6.07, 6.45) is 0.437. The summed E-state index contributed by atoms with van der Waals surface area (Å²) in [4.78, 5) is 28.0. The quantitative estimate of drug-likeness (QED) is 0.641. The van der Waals surface area contributed by atoms with Crippen LogP contribution in [0.25, 0.3) is 0 Å². The Morgan fingerprint density at radius 2 is 1.68 bits per heavy atom. The van der Waals surface area contributed by atoms with E-state index in [-0.39, 0.29) is 23.5 Å². The molecule has 1 aliphatic carbocycles. The van der Waals surface area contributed by atoms with Crippen LogP contribution in [0.3, 0.4) is 0 Å². The van der Waals surface area contributed by atoms with Crippen molar-refractivity contribution in [2.24, 2.45) is 0 Å². The van der Waals surface area contributed by atoms with Crippen LogP contribution in [0.4, 0.5) is 10.5 Å². The van der Waals surface area contributed by atoms with Crippen molar-refractivity contribution in [1.82, 2.24) is 4.90 Å². The molecule has 0 radical (unpaired) electrons. The number of anilines is 1. The van der Waals surface area contributed by atoms with Gasteiger partial charge in [0.15, 0.2) is 0 Å². The number of rotatable bonds is 2. The summed E-state index contributed by atoms with van der Waals surface area (Å²) in [7, 11) is -3.93. The number of carbonyl (C=O) groups excluding carboxylic acids is 2. The first-order chi connectivity index (χ1) is 15.9. The van der Waals surface area contributed by atoms with Gasteiger partial charge in [-0.25, -0.2) is 13.2 Å². The van der Waals surface area contributed by atoms with Crippen molar-refractivity contribution < 1.29 is 22.7 Å². The van der Waals surface area contributed by atoms with Crippen molar-refractivity contribution >= 4 is 27.6 Å². The summed E-state index contributed by atoms with van der Waals surface area (Å²) in [5.74, 6) is -0.0435. The minimum atomic E-state index is -3.93. The van der Waals surface area contributed by atoms with Crippen LogP contribution in [0.5, 0.6) is 0 Å². The number of ether oxygens (including phenoxy) is 1. The van der Waals surface area contributed by atoms with E-state index >= 15 is 0 Å². The normalized spacial score (nSPS) is 26.2. The van der Waals surface area contributed by atoms with E-state index in [9.17, 15) is 18.0 Å². The molecule has 2 aromatic carbocycles. The molecule has 1 spiro atoms. The highest BCUT2D eigenvalue weighted by molar-refractivity contribution is 7.92. The average molecular weight is 483 g/mol. The first kappa shape index (κ1) is 22.9. The summed E-state index contributed by atoms with van der Waals surface area (Å²) < 4.78 is 35.0. The van der Waals surface area contributed by atoms with Gasteiger partial charge >= 0.3 is 6.09 Å². The lowest BCUT2D eigenvalue weighted by Gasteiger charge is -2.44. The van der Waals surface area contributed by atoms with E-state index in [1.54, 1.807) is 29.2 Å². The van der Waals surface area contributed by atoms with Crippen molar-refractivity contribution in [2.75, 3.05) is 10.8 Å². The maximum absolute atomic E-state index is 14.0. The number of sulfonamides is 1. The Labute approximate surface area is 200 Å². The Morgan fingerprint density at radius 3 is 2.35 bits per heavy atom. The summed E-state index contributed by atoms with van der Waals surface area (Å²) >= 11 is 0. The van der Waals surface area contributed by atoms with Crippen LogP contribution in [0.1, 0.15) is 51.2 Å². The fraction of sp³-hybridized carbons (Fsp3) is 0.462. The van der Waals surface area contributed by atoms with Crippen LogP contribution < -0.4 is 4.31 Å². The molecule has 1 saturated heterocycles. The lowest BCUT2D eigenvalue weighted by atomic mass is 9.64. The van der Waals surface area contributed by atoms with Crippen LogP contribution in [0.15, 0.2) is 53.4 Å². The van der Waals surface area contributed by atoms with Crippen LogP contribution in [0, 0.1) is 6.92 Å². The molecule has 3 atom stereocenters. The number of ketones is 1. The number of aryl methyl sites for hydroxylation is 1. The zero-order valence-electron chi connectivity index (χ0n) is 19.9. The topological polar surface area (TPSA) is 84.0 Å². The second-order valence-corrected chi connectivity index (χ2v) is 12.4. The molecule has 180 valence electrons. The largest absolute Gasteiger partial charge is 0.444 e. The molecule has 1 saturated carbocycles. The number of hydrogen-bond acceptors (Lipinski definition) is 5. The van der Waals surface area contributed by atoms with Crippen molar-refractivity contribution in [3.8, 4) is 0 Å². The first-order valence-electron chi connectivity index (χ1n) is 11.7. The smallest absolute Gasteiger partial charge is 0.410 e. The van der Waals surface area contributed by atoms with Gasteiger partial charge in [-0.3, -0.25) is 9.10 Å². The van der Waals surface area contributed by atoms with Crippen molar-refractivity contribution in [3.05, 3.63) is 59.7 Å². The van der Waals surface area contributed by atoms with E-state index in [4.69, 9.17) is 4.74 Å². The SMILES string of the molecule is Cc1ccc(S(=O)(=O)N2c3ccccc3[C@]34CCN(C(=O)OC(C)(C)C)[C@H]3CC(=O)C[C@H]24)cc1. The standard InChI is InChI=1S/C26H30N2O5S/c1-17-9-11-19(12-10-17)34(31,32)28-21-8-6-5-7-20(21)26-13-14-27(24(30)33-25(2,3)4)22(26)15-18(29)16-23(26)28/h5-12,22-23H,13-16H2,1-4H3/t22-,23-,26+/m0/s1. The number of Topliss-reactive ketones (excluding diaryl/α,β-unsaturated/α-hetero) is 1. The number of nitrogens with zero attached hydrogens (tertiary/aromatic N) is 2. The molecule has 7 nitrogen and oxygen atoms in total. The highest BCUT2D eigenvalue weighted by Gasteiger charge is 2.65. The predicted molar refractivity (Wildman–Crippen MR) is 128 cm³/mol. The van der Waals surface area contributed by atoms with Gasteiger partial charge in [0, 0.05) is 24.8 Å². The number of carbonyl (C=O) groups is 2. The van der Waals surface area contributed by atoms with Gasteiger partial charge in [-0.15, -0.1) is 0 Å². The Kier molecular flexibility index (Phi) is 5.10. The Morgan fingerprint density at radius 1 is 1.03 bits per heavy atom. The number of benzene rings is 2. The molecule has 3 aliphatic rings. The monoisotopic (exact) mass is 482 g/mol. The first-order valence-corrected chi connectivity index (χ1v) is 13.1. The predicted octanol–water partition coefficient (Wildman–Crippen LogP) is 4.18. The van der Waals surface area contributed by atoms with E-state index in [0.717, 1.165) is 11.1 Å². The number of hydrogen-bond donors (Lipinski definition) is 0. The van der Waals surface area contributed by atoms with Gasteiger partial charge in [0.1, 0.15) is 11.4 Å². The number of amides is 1. The average Bonchev–Trinajstić information content (AvgIpc) is 3.26. The van der Waals surface area contributed by atoms with E-state index in [2.05, 4.69) is 0 Å². The minimum Gasteiger partial charge on any atom is -0.444 e. The summed E-state index contributed by atoms with van der Waals surface area (Å²) in [5.41, 5.74) is 1.13. The molecule has 5 rings (SSSR count). The molecule has 2 aromatic rings. The molecule has 0 aromatic heterocycles. The van der Waals surface area contributed by atoms with Gasteiger partial charge in [0.25, 0.3) is 10.0 Å². The van der Waals surface area contributed by atoms with Gasteiger partial charge in [0.2, 0.25) is 0 Å². The van der Waals surface area contributed by atoms with E-state index in [0.29, 0.717) is 18.7 Å². The Balaban J connectivity index is 1.64. The molecular formula is C26H30N2O5S. The van der Waals surface area contributed by atoms with Gasteiger partial charge in [-0.1, -0.05) is 35.9 Å². The molecule has 0 bridgehead atoms. The summed E-state index contributed by atoms with van der Waals surface area (Å²) in [6, 6.07) is 13.2. The van der Waals surface area contributed by atoms with Gasteiger partial charge in [0.05, 0.1) is 22.7 Å². The number of fused-ring (bicyclic) bond motifs is 1. The molecule has 2 heterocycles. The van der Waals surface area contributed by atoms with Crippen LogP contribution in [-0.4, -0.2) is 49.4 Å².